The third-order valence-corrected chi connectivity index (χ3v) is 18.0. The largest absolute Gasteiger partial charge is 0.493 e. The SMILES string of the molecule is COc1cc(-c2csc(N3CCN(S(=O)(=O)c4ccccc4Br)CC3)n2)cc(OC)c1OC.O=S(=O)(c1ccccc1Br)N1CCN(c2nc(-c3ccc(Cl)c(F)c3)cs2)CC1. The van der Waals surface area contributed by atoms with Gasteiger partial charge in [-0.1, -0.05) is 41.9 Å². The average Bonchev–Trinajstić information content (AvgIpc) is 3.99. The van der Waals surface area contributed by atoms with Gasteiger partial charge in [-0.25, -0.2) is 31.2 Å². The molecule has 328 valence electrons. The second kappa shape index (κ2) is 19.9. The maximum atomic E-state index is 13.7. The van der Waals surface area contributed by atoms with E-state index in [1.54, 1.807) is 75.9 Å². The number of methoxy groups -OCH3 is 3. The maximum Gasteiger partial charge on any atom is 0.244 e. The lowest BCUT2D eigenvalue weighted by atomic mass is 10.1. The van der Waals surface area contributed by atoms with E-state index in [2.05, 4.69) is 41.7 Å². The monoisotopic (exact) mass is 1070 g/mol. The number of rotatable bonds is 11. The highest BCUT2D eigenvalue weighted by Gasteiger charge is 2.32. The molecule has 0 amide bonds. The van der Waals surface area contributed by atoms with Gasteiger partial charge < -0.3 is 24.0 Å². The van der Waals surface area contributed by atoms with Gasteiger partial charge in [0.2, 0.25) is 25.8 Å². The number of thiazole rings is 2. The van der Waals surface area contributed by atoms with Crippen molar-refractivity contribution in [3.05, 3.63) is 109 Å². The van der Waals surface area contributed by atoms with Crippen LogP contribution in [0, 0.1) is 5.82 Å². The minimum absolute atomic E-state index is 0.0755. The molecule has 6 aromatic rings. The molecule has 21 heteroatoms. The summed E-state index contributed by atoms with van der Waals surface area (Å²) in [5, 5.41) is 5.54. The van der Waals surface area contributed by atoms with Crippen LogP contribution in [0.5, 0.6) is 17.2 Å². The first-order valence-corrected chi connectivity index (χ1v) is 25.5. The summed E-state index contributed by atoms with van der Waals surface area (Å²) in [6.07, 6.45) is 0. The summed E-state index contributed by atoms with van der Waals surface area (Å²) in [5.74, 6) is 1.17. The van der Waals surface area contributed by atoms with Crippen molar-refractivity contribution in [3.63, 3.8) is 0 Å². The summed E-state index contributed by atoms with van der Waals surface area (Å²) < 4.78 is 86.1. The smallest absolute Gasteiger partial charge is 0.244 e. The summed E-state index contributed by atoms with van der Waals surface area (Å²) in [5.41, 5.74) is 2.97. The number of piperazine rings is 2. The zero-order valence-corrected chi connectivity index (χ0v) is 40.7. The summed E-state index contributed by atoms with van der Waals surface area (Å²) >= 11 is 15.4. The van der Waals surface area contributed by atoms with Crippen LogP contribution in [-0.2, 0) is 20.0 Å². The molecule has 62 heavy (non-hydrogen) atoms. The van der Waals surface area contributed by atoms with Crippen molar-refractivity contribution in [2.75, 3.05) is 83.5 Å². The Labute approximate surface area is 390 Å². The van der Waals surface area contributed by atoms with Crippen molar-refractivity contribution in [2.24, 2.45) is 0 Å². The van der Waals surface area contributed by atoms with E-state index in [0.29, 0.717) is 89.8 Å². The third kappa shape index (κ3) is 9.93. The summed E-state index contributed by atoms with van der Waals surface area (Å²) in [6, 6.07) is 22.0. The Hall–Kier alpha value is -3.86. The topological polar surface area (TPSA) is 135 Å². The molecule has 0 N–H and O–H groups in total. The highest BCUT2D eigenvalue weighted by molar-refractivity contribution is 9.10. The van der Waals surface area contributed by atoms with E-state index in [4.69, 9.17) is 30.8 Å². The Morgan fingerprint density at radius 2 is 1.05 bits per heavy atom. The Morgan fingerprint density at radius 3 is 1.45 bits per heavy atom. The lowest BCUT2D eigenvalue weighted by molar-refractivity contribution is 0.324. The van der Waals surface area contributed by atoms with Gasteiger partial charge in [-0.2, -0.15) is 8.61 Å². The lowest BCUT2D eigenvalue weighted by Gasteiger charge is -2.33. The Morgan fingerprint density at radius 1 is 0.613 bits per heavy atom. The number of benzene rings is 4. The van der Waals surface area contributed by atoms with Crippen LogP contribution in [-0.4, -0.2) is 109 Å². The highest BCUT2D eigenvalue weighted by Crippen LogP contribution is 2.42. The van der Waals surface area contributed by atoms with E-state index in [1.807, 2.05) is 27.8 Å². The molecule has 0 unspecified atom stereocenters. The molecule has 4 aromatic carbocycles. The first-order chi connectivity index (χ1) is 29.7. The van der Waals surface area contributed by atoms with Crippen LogP contribution in [0.3, 0.4) is 0 Å². The highest BCUT2D eigenvalue weighted by atomic mass is 79.9. The Kier molecular flexibility index (Phi) is 14.8. The molecule has 0 saturated carbocycles. The molecule has 2 aliphatic rings. The molecule has 0 radical (unpaired) electrons. The van der Waals surface area contributed by atoms with Crippen LogP contribution in [0.2, 0.25) is 5.02 Å². The van der Waals surface area contributed by atoms with E-state index < -0.39 is 25.9 Å². The van der Waals surface area contributed by atoms with Crippen molar-refractivity contribution in [1.82, 2.24) is 18.6 Å². The number of nitrogens with zero attached hydrogens (tertiary/aromatic N) is 6. The first-order valence-electron chi connectivity index (χ1n) is 18.9. The van der Waals surface area contributed by atoms with Crippen molar-refractivity contribution in [2.45, 2.75) is 9.79 Å². The molecule has 8 rings (SSSR count). The van der Waals surface area contributed by atoms with Gasteiger partial charge in [-0.05, 0) is 80.4 Å². The molecule has 0 aliphatic carbocycles. The molecule has 0 bridgehead atoms. The van der Waals surface area contributed by atoms with Crippen LogP contribution >= 0.6 is 66.1 Å². The number of sulfonamides is 2. The molecular weight excluding hydrogens is 1030 g/mol. The molecule has 2 saturated heterocycles. The van der Waals surface area contributed by atoms with Gasteiger partial charge in [-0.15, -0.1) is 22.7 Å². The van der Waals surface area contributed by atoms with Crippen molar-refractivity contribution >= 4 is 96.4 Å². The Bertz CT molecular complexity index is 2740. The van der Waals surface area contributed by atoms with Gasteiger partial charge in [0.1, 0.15) is 5.82 Å². The first kappa shape index (κ1) is 46.1. The Balaban J connectivity index is 0.000000188. The molecular formula is C41H40Br2ClFN6O7S4. The summed E-state index contributed by atoms with van der Waals surface area (Å²) in [7, 11) is -2.39. The number of hydrogen-bond donors (Lipinski definition) is 0. The second-order valence-corrected chi connectivity index (χ2v) is 21.3. The number of ether oxygens (including phenoxy) is 3. The molecule has 2 aromatic heterocycles. The fourth-order valence-corrected chi connectivity index (χ4v) is 13.5. The van der Waals surface area contributed by atoms with Gasteiger partial charge in [0.15, 0.2) is 21.8 Å². The van der Waals surface area contributed by atoms with E-state index in [0.717, 1.165) is 21.5 Å². The minimum atomic E-state index is -3.56. The van der Waals surface area contributed by atoms with Crippen LogP contribution < -0.4 is 24.0 Å². The quantitative estimate of drug-likeness (QED) is 0.123. The summed E-state index contributed by atoms with van der Waals surface area (Å²) in [6.45, 7) is 3.71. The predicted molar refractivity (Wildman–Crippen MR) is 250 cm³/mol. The molecule has 2 aliphatic heterocycles. The van der Waals surface area contributed by atoms with Crippen molar-refractivity contribution in [1.29, 1.82) is 0 Å². The fraction of sp³-hybridized carbons (Fsp3) is 0.268. The molecule has 13 nitrogen and oxygen atoms in total. The van der Waals surface area contributed by atoms with E-state index in [1.165, 1.54) is 43.4 Å². The van der Waals surface area contributed by atoms with Crippen LogP contribution in [0.15, 0.2) is 108 Å². The van der Waals surface area contributed by atoms with Crippen LogP contribution in [0.4, 0.5) is 14.7 Å². The molecule has 2 fully saturated rings. The van der Waals surface area contributed by atoms with Crippen molar-refractivity contribution < 1.29 is 35.4 Å². The van der Waals surface area contributed by atoms with Gasteiger partial charge in [0, 0.05) is 83.2 Å². The minimum Gasteiger partial charge on any atom is -0.493 e. The fourth-order valence-electron chi connectivity index (χ4n) is 6.79. The maximum absolute atomic E-state index is 13.7. The number of aromatic nitrogens is 2. The number of hydrogen-bond acceptors (Lipinski definition) is 13. The van der Waals surface area contributed by atoms with Crippen LogP contribution in [0.1, 0.15) is 0 Å². The lowest BCUT2D eigenvalue weighted by Crippen LogP contribution is -2.48. The van der Waals surface area contributed by atoms with Gasteiger partial charge in [0.25, 0.3) is 0 Å². The normalized spacial score (nSPS) is 15.2. The zero-order chi connectivity index (χ0) is 44.2. The second-order valence-electron chi connectivity index (χ2n) is 13.7. The van der Waals surface area contributed by atoms with E-state index in [9.17, 15) is 21.2 Å². The number of halogens is 4. The predicted octanol–water partition coefficient (Wildman–Crippen LogP) is 8.99. The molecule has 0 atom stereocenters. The van der Waals surface area contributed by atoms with Crippen LogP contribution in [0.25, 0.3) is 22.5 Å². The van der Waals surface area contributed by atoms with Gasteiger partial charge in [0.05, 0.1) is 47.5 Å². The molecule has 4 heterocycles. The number of anilines is 2. The zero-order valence-electron chi connectivity index (χ0n) is 33.5. The van der Waals surface area contributed by atoms with Gasteiger partial charge >= 0.3 is 0 Å². The standard InChI is InChI=1S/C22H24BrN3O5S2.C19H16BrClFN3O2S2/c1-29-18-12-15(13-19(30-2)21(18)31-3)17-14-32-22(24-17)25-8-10-26(11-9-25)33(27,28)20-7-5-4-6-16(20)23;20-14-3-1-2-4-18(14)29(26,27)25-9-7-24(8-10-25)19-23-17(12-28-19)13-5-6-15(21)16(22)11-13/h4-7,12-14H,8-11H2,1-3H3;1-6,11-12H,7-10H2. The summed E-state index contributed by atoms with van der Waals surface area (Å²) in [4.78, 5) is 14.1. The molecule has 0 spiro atoms. The van der Waals surface area contributed by atoms with E-state index in [-0.39, 0.29) is 14.8 Å². The average molecular weight is 1070 g/mol. The van der Waals surface area contributed by atoms with Gasteiger partial charge in [-0.3, -0.25) is 0 Å². The van der Waals surface area contributed by atoms with Crippen molar-refractivity contribution in [3.8, 4) is 39.8 Å². The third-order valence-electron chi connectivity index (χ3n) is 10.1. The van der Waals surface area contributed by atoms with E-state index >= 15 is 0 Å².